The molecule has 1 fully saturated rings. The number of ether oxygens (including phenoxy) is 1. The second kappa shape index (κ2) is 9.43. The van der Waals surface area contributed by atoms with Crippen molar-refractivity contribution in [1.82, 2.24) is 20.0 Å². The lowest BCUT2D eigenvalue weighted by molar-refractivity contribution is -0.132. The summed E-state index contributed by atoms with van der Waals surface area (Å²) in [5.74, 6) is 1.68. The van der Waals surface area contributed by atoms with E-state index in [9.17, 15) is 4.79 Å². The normalized spacial score (nSPS) is 17.0. The van der Waals surface area contributed by atoms with Crippen LogP contribution >= 0.6 is 12.4 Å². The number of methoxy groups -OCH3 is 1. The second-order valence-corrected chi connectivity index (χ2v) is 7.42. The van der Waals surface area contributed by atoms with Gasteiger partial charge < -0.3 is 15.0 Å². The summed E-state index contributed by atoms with van der Waals surface area (Å²) in [4.78, 5) is 14.7. The molecule has 28 heavy (non-hydrogen) atoms. The zero-order valence-electron chi connectivity index (χ0n) is 16.4. The smallest absolute Gasteiger partial charge is 0.222 e. The van der Waals surface area contributed by atoms with Gasteiger partial charge in [0.25, 0.3) is 0 Å². The molecule has 1 saturated heterocycles. The molecule has 0 atom stereocenters. The summed E-state index contributed by atoms with van der Waals surface area (Å²) in [5, 5.41) is 7.98. The van der Waals surface area contributed by atoms with Gasteiger partial charge in [-0.2, -0.15) is 5.10 Å². The Balaban J connectivity index is 0.00000225. The molecule has 1 aromatic heterocycles. The van der Waals surface area contributed by atoms with Gasteiger partial charge in [0.15, 0.2) is 0 Å². The fourth-order valence-corrected chi connectivity index (χ4v) is 4.21. The van der Waals surface area contributed by atoms with Crippen molar-refractivity contribution >= 4 is 18.3 Å². The summed E-state index contributed by atoms with van der Waals surface area (Å²) in [6.45, 7) is 4.40. The molecule has 2 aromatic rings. The number of carbonyl (C=O) groups excluding carboxylic acids is 1. The van der Waals surface area contributed by atoms with Gasteiger partial charge in [-0.15, -0.1) is 12.4 Å². The highest BCUT2D eigenvalue weighted by Crippen LogP contribution is 2.34. The molecule has 6 nitrogen and oxygen atoms in total. The highest BCUT2D eigenvalue weighted by molar-refractivity contribution is 5.85. The molecule has 0 saturated carbocycles. The number of nitrogens with zero attached hydrogens (tertiary/aromatic N) is 3. The summed E-state index contributed by atoms with van der Waals surface area (Å²) in [6.07, 6.45) is 3.27. The molecule has 0 unspecified atom stereocenters. The van der Waals surface area contributed by atoms with E-state index >= 15 is 0 Å². The fourth-order valence-electron chi connectivity index (χ4n) is 4.21. The monoisotopic (exact) mass is 404 g/mol. The number of fused-ring (bicyclic) bond motifs is 1. The molecule has 1 aromatic carbocycles. The minimum Gasteiger partial charge on any atom is -0.496 e. The molecule has 1 amide bonds. The standard InChI is InChI=1S/C21H28N4O2.ClH/c1-27-20-5-3-2-4-19(20)16-8-11-24(12-9-16)21(26)7-6-17-14-18-15-22-10-13-25(18)23-17;/h2-5,14,16,22H,6-13,15H2,1H3;1H. The molecular weight excluding hydrogens is 376 g/mol. The van der Waals surface area contributed by atoms with Crippen molar-refractivity contribution in [3.63, 3.8) is 0 Å². The van der Waals surface area contributed by atoms with Gasteiger partial charge in [-0.1, -0.05) is 18.2 Å². The summed E-state index contributed by atoms with van der Waals surface area (Å²) >= 11 is 0. The van der Waals surface area contributed by atoms with Gasteiger partial charge in [-0.3, -0.25) is 9.48 Å². The minimum atomic E-state index is 0. The maximum absolute atomic E-state index is 12.6. The molecule has 0 radical (unpaired) electrons. The van der Waals surface area contributed by atoms with E-state index in [4.69, 9.17) is 4.74 Å². The van der Waals surface area contributed by atoms with E-state index in [0.29, 0.717) is 12.3 Å². The lowest BCUT2D eigenvalue weighted by Gasteiger charge is -2.32. The number of aryl methyl sites for hydroxylation is 1. The third-order valence-electron chi connectivity index (χ3n) is 5.74. The Kier molecular flexibility index (Phi) is 6.97. The predicted octanol–water partition coefficient (Wildman–Crippen LogP) is 2.76. The molecule has 0 bridgehead atoms. The largest absolute Gasteiger partial charge is 0.496 e. The molecule has 3 heterocycles. The molecule has 4 rings (SSSR count). The maximum Gasteiger partial charge on any atom is 0.222 e. The second-order valence-electron chi connectivity index (χ2n) is 7.42. The van der Waals surface area contributed by atoms with Gasteiger partial charge in [-0.05, 0) is 36.5 Å². The number of carbonyl (C=O) groups is 1. The van der Waals surface area contributed by atoms with Crippen LogP contribution < -0.4 is 10.1 Å². The van der Waals surface area contributed by atoms with E-state index in [2.05, 4.69) is 33.3 Å². The topological polar surface area (TPSA) is 59.4 Å². The lowest BCUT2D eigenvalue weighted by atomic mass is 9.88. The van der Waals surface area contributed by atoms with Crippen molar-refractivity contribution in [2.45, 2.75) is 44.7 Å². The number of aromatic nitrogens is 2. The Morgan fingerprint density at radius 2 is 2.04 bits per heavy atom. The minimum absolute atomic E-state index is 0. The number of benzene rings is 1. The zero-order chi connectivity index (χ0) is 18.6. The van der Waals surface area contributed by atoms with Crippen LogP contribution in [0.1, 0.15) is 42.1 Å². The molecule has 2 aliphatic heterocycles. The SMILES string of the molecule is COc1ccccc1C1CCN(C(=O)CCc2cc3n(n2)CCNC3)CC1.Cl. The van der Waals surface area contributed by atoms with Gasteiger partial charge >= 0.3 is 0 Å². The van der Waals surface area contributed by atoms with E-state index in [1.165, 1.54) is 11.3 Å². The molecule has 152 valence electrons. The number of para-hydroxylation sites is 1. The number of hydrogen-bond donors (Lipinski definition) is 1. The van der Waals surface area contributed by atoms with E-state index < -0.39 is 0 Å². The number of rotatable bonds is 5. The van der Waals surface area contributed by atoms with Gasteiger partial charge in [0.05, 0.1) is 25.0 Å². The van der Waals surface area contributed by atoms with Gasteiger partial charge in [0.1, 0.15) is 5.75 Å². The maximum atomic E-state index is 12.6. The van der Waals surface area contributed by atoms with Crippen molar-refractivity contribution in [3.05, 3.63) is 47.3 Å². The van der Waals surface area contributed by atoms with E-state index in [0.717, 1.165) is 63.4 Å². The number of amides is 1. The first-order valence-corrected chi connectivity index (χ1v) is 9.91. The Morgan fingerprint density at radius 1 is 1.25 bits per heavy atom. The van der Waals surface area contributed by atoms with Crippen LogP contribution in [0, 0.1) is 0 Å². The Morgan fingerprint density at radius 3 is 2.79 bits per heavy atom. The molecule has 0 aliphatic carbocycles. The fraction of sp³-hybridized carbons (Fsp3) is 0.524. The van der Waals surface area contributed by atoms with Crippen LogP contribution in [-0.4, -0.2) is 47.3 Å². The Labute approximate surface area is 172 Å². The van der Waals surface area contributed by atoms with Crippen molar-refractivity contribution in [2.24, 2.45) is 0 Å². The van der Waals surface area contributed by atoms with Crippen molar-refractivity contribution < 1.29 is 9.53 Å². The number of halogens is 1. The third kappa shape index (κ3) is 4.50. The zero-order valence-corrected chi connectivity index (χ0v) is 17.2. The number of piperidine rings is 1. The average Bonchev–Trinajstić information content (AvgIpc) is 3.15. The Hall–Kier alpha value is -2.05. The van der Waals surface area contributed by atoms with Crippen LogP contribution in [0.3, 0.4) is 0 Å². The third-order valence-corrected chi connectivity index (χ3v) is 5.74. The van der Waals surface area contributed by atoms with Crippen LogP contribution in [0.2, 0.25) is 0 Å². The average molecular weight is 405 g/mol. The first-order chi connectivity index (χ1) is 13.2. The molecule has 0 spiro atoms. The van der Waals surface area contributed by atoms with Crippen LogP contribution in [0.5, 0.6) is 5.75 Å². The first-order valence-electron chi connectivity index (χ1n) is 9.91. The summed E-state index contributed by atoms with van der Waals surface area (Å²) in [6, 6.07) is 10.4. The summed E-state index contributed by atoms with van der Waals surface area (Å²) < 4.78 is 7.57. The van der Waals surface area contributed by atoms with Crippen LogP contribution in [0.25, 0.3) is 0 Å². The van der Waals surface area contributed by atoms with Crippen LogP contribution in [-0.2, 0) is 24.3 Å². The van der Waals surface area contributed by atoms with Gasteiger partial charge in [0.2, 0.25) is 5.91 Å². The summed E-state index contributed by atoms with van der Waals surface area (Å²) in [7, 11) is 1.72. The van der Waals surface area contributed by atoms with Gasteiger partial charge in [0, 0.05) is 39.0 Å². The van der Waals surface area contributed by atoms with Crippen molar-refractivity contribution in [3.8, 4) is 5.75 Å². The van der Waals surface area contributed by atoms with E-state index in [1.807, 2.05) is 17.0 Å². The van der Waals surface area contributed by atoms with Gasteiger partial charge in [-0.25, -0.2) is 0 Å². The first kappa shape index (κ1) is 20.7. The number of likely N-dealkylation sites (tertiary alicyclic amines) is 1. The van der Waals surface area contributed by atoms with Crippen LogP contribution in [0.4, 0.5) is 0 Å². The highest BCUT2D eigenvalue weighted by atomic mass is 35.5. The quantitative estimate of drug-likeness (QED) is 0.832. The predicted molar refractivity (Wildman–Crippen MR) is 111 cm³/mol. The van der Waals surface area contributed by atoms with E-state index in [1.54, 1.807) is 7.11 Å². The Bertz CT molecular complexity index is 776. The number of nitrogens with one attached hydrogen (secondary N) is 1. The lowest BCUT2D eigenvalue weighted by Crippen LogP contribution is -2.38. The summed E-state index contributed by atoms with van der Waals surface area (Å²) in [5.41, 5.74) is 3.52. The van der Waals surface area contributed by atoms with Crippen molar-refractivity contribution in [1.29, 1.82) is 0 Å². The number of hydrogen-bond acceptors (Lipinski definition) is 4. The molecule has 7 heteroatoms. The molecule has 1 N–H and O–H groups in total. The van der Waals surface area contributed by atoms with Crippen LogP contribution in [0.15, 0.2) is 30.3 Å². The van der Waals surface area contributed by atoms with Crippen molar-refractivity contribution in [2.75, 3.05) is 26.7 Å². The van der Waals surface area contributed by atoms with E-state index in [-0.39, 0.29) is 18.3 Å². The molecular formula is C21H29ClN4O2. The molecule has 2 aliphatic rings. The highest BCUT2D eigenvalue weighted by Gasteiger charge is 2.25.